The topological polar surface area (TPSA) is 43.8 Å². The summed E-state index contributed by atoms with van der Waals surface area (Å²) in [6.07, 6.45) is 1.09. The lowest BCUT2D eigenvalue weighted by atomic mass is 10.2. The van der Waals surface area contributed by atoms with E-state index >= 15 is 0 Å². The number of rotatable bonds is 3. The predicted octanol–water partition coefficient (Wildman–Crippen LogP) is 3.01. The molecule has 2 rings (SSSR count). The van der Waals surface area contributed by atoms with Gasteiger partial charge >= 0.3 is 0 Å². The molecular formula is C12H17N3S. The fourth-order valence-corrected chi connectivity index (χ4v) is 2.77. The Balaban J connectivity index is 2.31. The van der Waals surface area contributed by atoms with Crippen LogP contribution in [-0.2, 0) is 6.42 Å². The summed E-state index contributed by atoms with van der Waals surface area (Å²) in [4.78, 5) is 2.72. The van der Waals surface area contributed by atoms with Gasteiger partial charge in [-0.05, 0) is 32.4 Å². The molecule has 2 aromatic heterocycles. The quantitative estimate of drug-likeness (QED) is 0.888. The number of hydrogen-bond donors (Lipinski definition) is 1. The van der Waals surface area contributed by atoms with E-state index in [0.717, 1.165) is 17.9 Å². The minimum absolute atomic E-state index is 0.221. The largest absolute Gasteiger partial charge is 0.384 e. The molecule has 0 aliphatic heterocycles. The smallest absolute Gasteiger partial charge is 0.122 e. The summed E-state index contributed by atoms with van der Waals surface area (Å²) in [6, 6.07) is 6.48. The van der Waals surface area contributed by atoms with Gasteiger partial charge < -0.3 is 5.73 Å². The van der Waals surface area contributed by atoms with E-state index < -0.39 is 0 Å². The number of nitrogen functional groups attached to an aromatic ring is 1. The maximum Gasteiger partial charge on any atom is 0.122 e. The lowest BCUT2D eigenvalue weighted by molar-refractivity contribution is 0.577. The van der Waals surface area contributed by atoms with E-state index in [2.05, 4.69) is 31.1 Å². The van der Waals surface area contributed by atoms with Crippen LogP contribution in [-0.4, -0.2) is 9.78 Å². The van der Waals surface area contributed by atoms with E-state index in [4.69, 9.17) is 5.73 Å². The normalized spacial score (nSPS) is 12.9. The van der Waals surface area contributed by atoms with Crippen LogP contribution in [0.5, 0.6) is 0 Å². The van der Waals surface area contributed by atoms with Crippen molar-refractivity contribution >= 4 is 17.2 Å². The van der Waals surface area contributed by atoms with Gasteiger partial charge in [-0.25, -0.2) is 4.68 Å². The van der Waals surface area contributed by atoms with Gasteiger partial charge in [-0.1, -0.05) is 6.92 Å². The number of aromatic nitrogens is 2. The predicted molar refractivity (Wildman–Crippen MR) is 68.9 cm³/mol. The van der Waals surface area contributed by atoms with Gasteiger partial charge in [0.05, 0.1) is 11.7 Å². The van der Waals surface area contributed by atoms with Gasteiger partial charge in [-0.2, -0.15) is 5.10 Å². The molecule has 2 aromatic rings. The number of nitrogens with zero attached hydrogens (tertiary/aromatic N) is 2. The van der Waals surface area contributed by atoms with Crippen molar-refractivity contribution in [3.8, 4) is 0 Å². The third-order valence-electron chi connectivity index (χ3n) is 2.70. The van der Waals surface area contributed by atoms with Crippen LogP contribution in [0.1, 0.15) is 35.3 Å². The van der Waals surface area contributed by atoms with Crippen LogP contribution in [0.3, 0.4) is 0 Å². The van der Waals surface area contributed by atoms with Crippen molar-refractivity contribution in [2.24, 2.45) is 0 Å². The van der Waals surface area contributed by atoms with Crippen LogP contribution in [0, 0.1) is 6.92 Å². The van der Waals surface area contributed by atoms with Crippen LogP contribution < -0.4 is 5.73 Å². The summed E-state index contributed by atoms with van der Waals surface area (Å²) in [7, 11) is 0. The molecule has 1 unspecified atom stereocenters. The molecular weight excluding hydrogens is 218 g/mol. The SMILES string of the molecule is CCc1ccc(C(C)n2nc(C)cc2N)s1. The summed E-state index contributed by atoms with van der Waals surface area (Å²) in [5.41, 5.74) is 6.89. The lowest BCUT2D eigenvalue weighted by Gasteiger charge is -2.11. The van der Waals surface area contributed by atoms with Crippen molar-refractivity contribution in [1.82, 2.24) is 9.78 Å². The Morgan fingerprint density at radius 2 is 2.25 bits per heavy atom. The minimum Gasteiger partial charge on any atom is -0.384 e. The van der Waals surface area contributed by atoms with Crippen LogP contribution in [0.2, 0.25) is 0 Å². The molecule has 0 fully saturated rings. The maximum absolute atomic E-state index is 5.92. The molecule has 0 aliphatic rings. The Bertz CT molecular complexity index is 484. The molecule has 16 heavy (non-hydrogen) atoms. The maximum atomic E-state index is 5.92. The fourth-order valence-electron chi connectivity index (χ4n) is 1.78. The highest BCUT2D eigenvalue weighted by atomic mass is 32.1. The van der Waals surface area contributed by atoms with Crippen molar-refractivity contribution in [2.45, 2.75) is 33.2 Å². The van der Waals surface area contributed by atoms with Gasteiger partial charge in [-0.15, -0.1) is 11.3 Å². The van der Waals surface area contributed by atoms with Gasteiger partial charge in [0.25, 0.3) is 0 Å². The van der Waals surface area contributed by atoms with E-state index in [1.165, 1.54) is 9.75 Å². The molecule has 2 heterocycles. The highest BCUT2D eigenvalue weighted by Crippen LogP contribution is 2.27. The average molecular weight is 235 g/mol. The van der Waals surface area contributed by atoms with Gasteiger partial charge in [0.2, 0.25) is 0 Å². The molecule has 0 bridgehead atoms. The van der Waals surface area contributed by atoms with Crippen LogP contribution in [0.25, 0.3) is 0 Å². The summed E-state index contributed by atoms with van der Waals surface area (Å²) in [5, 5.41) is 4.42. The van der Waals surface area contributed by atoms with E-state index in [-0.39, 0.29) is 6.04 Å². The third-order valence-corrected chi connectivity index (χ3v) is 4.10. The molecule has 3 nitrogen and oxygen atoms in total. The average Bonchev–Trinajstić information content (AvgIpc) is 2.84. The zero-order valence-electron chi connectivity index (χ0n) is 9.90. The molecule has 86 valence electrons. The first-order valence-electron chi connectivity index (χ1n) is 5.52. The first-order chi connectivity index (χ1) is 7.61. The summed E-state index contributed by atoms with van der Waals surface area (Å²) >= 11 is 1.84. The van der Waals surface area contributed by atoms with Crippen LogP contribution in [0.15, 0.2) is 18.2 Å². The number of anilines is 1. The van der Waals surface area contributed by atoms with Gasteiger partial charge in [0, 0.05) is 15.8 Å². The van der Waals surface area contributed by atoms with E-state index in [1.807, 2.05) is 29.0 Å². The van der Waals surface area contributed by atoms with Crippen molar-refractivity contribution in [2.75, 3.05) is 5.73 Å². The highest BCUT2D eigenvalue weighted by Gasteiger charge is 2.13. The molecule has 0 spiro atoms. The monoisotopic (exact) mass is 235 g/mol. The van der Waals surface area contributed by atoms with E-state index in [9.17, 15) is 0 Å². The Kier molecular flexibility index (Phi) is 3.01. The molecule has 0 saturated heterocycles. The first kappa shape index (κ1) is 11.2. The summed E-state index contributed by atoms with van der Waals surface area (Å²) < 4.78 is 1.89. The van der Waals surface area contributed by atoms with Crippen molar-refractivity contribution < 1.29 is 0 Å². The second kappa shape index (κ2) is 4.29. The van der Waals surface area contributed by atoms with Crippen LogP contribution >= 0.6 is 11.3 Å². The van der Waals surface area contributed by atoms with E-state index in [1.54, 1.807) is 0 Å². The van der Waals surface area contributed by atoms with Gasteiger partial charge in [0.1, 0.15) is 5.82 Å². The summed E-state index contributed by atoms with van der Waals surface area (Å²) in [6.45, 7) is 6.27. The Hall–Kier alpha value is -1.29. The molecule has 2 N–H and O–H groups in total. The van der Waals surface area contributed by atoms with Crippen molar-refractivity contribution in [3.63, 3.8) is 0 Å². The lowest BCUT2D eigenvalue weighted by Crippen LogP contribution is -2.10. The van der Waals surface area contributed by atoms with Gasteiger partial charge in [-0.3, -0.25) is 0 Å². The number of aryl methyl sites for hydroxylation is 2. The molecule has 0 saturated carbocycles. The van der Waals surface area contributed by atoms with Crippen molar-refractivity contribution in [3.05, 3.63) is 33.6 Å². The van der Waals surface area contributed by atoms with Gasteiger partial charge in [0.15, 0.2) is 0 Å². The standard InChI is InChI=1S/C12H17N3S/c1-4-10-5-6-11(16-10)9(3)15-12(13)7-8(2)14-15/h5-7,9H,4,13H2,1-3H3. The first-order valence-corrected chi connectivity index (χ1v) is 6.33. The fraction of sp³-hybridized carbons (Fsp3) is 0.417. The molecule has 1 atom stereocenters. The highest BCUT2D eigenvalue weighted by molar-refractivity contribution is 7.12. The second-order valence-corrected chi connectivity index (χ2v) is 5.19. The minimum atomic E-state index is 0.221. The van der Waals surface area contributed by atoms with E-state index in [0.29, 0.717) is 0 Å². The molecule has 4 heteroatoms. The molecule has 0 aromatic carbocycles. The summed E-state index contributed by atoms with van der Waals surface area (Å²) in [5.74, 6) is 0.733. The molecule has 0 radical (unpaired) electrons. The zero-order chi connectivity index (χ0) is 11.7. The Morgan fingerprint density at radius 3 is 2.75 bits per heavy atom. The zero-order valence-corrected chi connectivity index (χ0v) is 10.7. The number of nitrogens with two attached hydrogens (primary N) is 1. The molecule has 0 amide bonds. The third kappa shape index (κ3) is 1.97. The second-order valence-electron chi connectivity index (χ2n) is 3.99. The molecule has 0 aliphatic carbocycles. The van der Waals surface area contributed by atoms with Crippen molar-refractivity contribution in [1.29, 1.82) is 0 Å². The number of thiophene rings is 1. The Labute approximate surface area is 99.9 Å². The van der Waals surface area contributed by atoms with Crippen LogP contribution in [0.4, 0.5) is 5.82 Å². The Morgan fingerprint density at radius 1 is 1.50 bits per heavy atom. The number of hydrogen-bond acceptors (Lipinski definition) is 3.